The highest BCUT2D eigenvalue weighted by atomic mass is 35.5. The second-order valence-electron chi connectivity index (χ2n) is 5.72. The van der Waals surface area contributed by atoms with Crippen LogP contribution >= 0.6 is 11.6 Å². The van der Waals surface area contributed by atoms with E-state index in [9.17, 15) is 14.7 Å². The summed E-state index contributed by atoms with van der Waals surface area (Å²) in [5, 5.41) is 12.7. The topological polar surface area (TPSA) is 66.4 Å². The predicted molar refractivity (Wildman–Crippen MR) is 75.5 cm³/mol. The van der Waals surface area contributed by atoms with E-state index in [2.05, 4.69) is 5.32 Å². The number of carboxylic acid groups (broad SMARTS) is 1. The zero-order valence-electron chi connectivity index (χ0n) is 10.9. The first-order chi connectivity index (χ1) is 9.56. The van der Waals surface area contributed by atoms with Crippen LogP contribution in [-0.2, 0) is 9.59 Å². The fourth-order valence-electron chi connectivity index (χ4n) is 3.82. The molecule has 1 aromatic carbocycles. The van der Waals surface area contributed by atoms with E-state index in [4.69, 9.17) is 11.6 Å². The molecule has 3 rings (SSSR count). The summed E-state index contributed by atoms with van der Waals surface area (Å²) in [6.07, 6.45) is 2.76. The van der Waals surface area contributed by atoms with Crippen LogP contribution in [0.25, 0.3) is 0 Å². The summed E-state index contributed by atoms with van der Waals surface area (Å²) in [7, 11) is 0. The molecule has 2 N–H and O–H groups in total. The fraction of sp³-hybridized carbons (Fsp3) is 0.467. The van der Waals surface area contributed by atoms with Gasteiger partial charge in [-0.1, -0.05) is 17.7 Å². The van der Waals surface area contributed by atoms with E-state index in [0.29, 0.717) is 10.7 Å². The molecule has 2 saturated carbocycles. The van der Waals surface area contributed by atoms with Gasteiger partial charge in [-0.15, -0.1) is 0 Å². The number of nitrogens with one attached hydrogen (secondary N) is 1. The number of fused-ring (bicyclic) bond motifs is 2. The largest absolute Gasteiger partial charge is 0.481 e. The number of hydrogen-bond donors (Lipinski definition) is 2. The maximum absolute atomic E-state index is 12.4. The lowest BCUT2D eigenvalue weighted by atomic mass is 9.78. The Hall–Kier alpha value is -1.55. The van der Waals surface area contributed by atoms with Crippen LogP contribution in [0.5, 0.6) is 0 Å². The highest BCUT2D eigenvalue weighted by Gasteiger charge is 2.53. The molecule has 2 aliphatic carbocycles. The van der Waals surface area contributed by atoms with Crippen molar-refractivity contribution in [3.8, 4) is 0 Å². The molecule has 2 aliphatic rings. The van der Waals surface area contributed by atoms with E-state index >= 15 is 0 Å². The van der Waals surface area contributed by atoms with Crippen molar-refractivity contribution in [2.45, 2.75) is 19.3 Å². The van der Waals surface area contributed by atoms with Crippen molar-refractivity contribution in [3.63, 3.8) is 0 Å². The number of benzene rings is 1. The van der Waals surface area contributed by atoms with Crippen molar-refractivity contribution in [3.05, 3.63) is 29.3 Å². The highest BCUT2D eigenvalue weighted by molar-refractivity contribution is 6.30. The summed E-state index contributed by atoms with van der Waals surface area (Å²) in [5.74, 6) is -1.61. The summed E-state index contributed by atoms with van der Waals surface area (Å²) in [5.41, 5.74) is 0.620. The van der Waals surface area contributed by atoms with Crippen molar-refractivity contribution in [2.24, 2.45) is 23.7 Å². The van der Waals surface area contributed by atoms with Crippen LogP contribution < -0.4 is 5.32 Å². The number of carbonyl (C=O) groups excluding carboxylic acids is 1. The highest BCUT2D eigenvalue weighted by Crippen LogP contribution is 2.52. The van der Waals surface area contributed by atoms with Gasteiger partial charge in [0.2, 0.25) is 5.91 Å². The molecule has 2 fully saturated rings. The Morgan fingerprint density at radius 1 is 1.20 bits per heavy atom. The van der Waals surface area contributed by atoms with Crippen molar-refractivity contribution >= 4 is 29.2 Å². The maximum atomic E-state index is 12.4. The Morgan fingerprint density at radius 2 is 1.90 bits per heavy atom. The molecule has 4 nitrogen and oxygen atoms in total. The first kappa shape index (κ1) is 13.4. The summed E-state index contributed by atoms with van der Waals surface area (Å²) in [6, 6.07) is 6.91. The van der Waals surface area contributed by atoms with Gasteiger partial charge in [0.15, 0.2) is 0 Å². The van der Waals surface area contributed by atoms with Crippen LogP contribution in [0.15, 0.2) is 24.3 Å². The van der Waals surface area contributed by atoms with E-state index in [1.54, 1.807) is 24.3 Å². The second kappa shape index (κ2) is 5.09. The van der Waals surface area contributed by atoms with Gasteiger partial charge in [0.05, 0.1) is 11.8 Å². The smallest absolute Gasteiger partial charge is 0.307 e. The average Bonchev–Trinajstić information content (AvgIpc) is 2.98. The van der Waals surface area contributed by atoms with Crippen LogP contribution in [0.1, 0.15) is 19.3 Å². The van der Waals surface area contributed by atoms with Crippen molar-refractivity contribution < 1.29 is 14.7 Å². The number of rotatable bonds is 3. The van der Waals surface area contributed by atoms with Crippen molar-refractivity contribution in [1.82, 2.24) is 0 Å². The standard InChI is InChI=1S/C15H16ClNO3/c16-10-2-1-3-11(7-10)17-14(18)12-8-4-5-9(6-8)13(12)15(19)20/h1-3,7-9,12-13H,4-6H2,(H,17,18)(H,19,20). The Bertz CT molecular complexity index is 560. The molecule has 4 atom stereocenters. The Morgan fingerprint density at radius 3 is 2.55 bits per heavy atom. The Labute approximate surface area is 122 Å². The van der Waals surface area contributed by atoms with E-state index in [1.807, 2.05) is 0 Å². The Kier molecular flexibility index (Phi) is 3.42. The second-order valence-corrected chi connectivity index (χ2v) is 6.16. The lowest BCUT2D eigenvalue weighted by molar-refractivity contribution is -0.148. The van der Waals surface area contributed by atoms with Crippen molar-refractivity contribution in [1.29, 1.82) is 0 Å². The number of aliphatic carboxylic acids is 1. The van der Waals surface area contributed by atoms with Gasteiger partial charge in [0, 0.05) is 10.7 Å². The summed E-state index contributed by atoms with van der Waals surface area (Å²) < 4.78 is 0. The van der Waals surface area contributed by atoms with E-state index in [-0.39, 0.29) is 17.7 Å². The van der Waals surface area contributed by atoms with Crippen LogP contribution in [0.2, 0.25) is 5.02 Å². The van der Waals surface area contributed by atoms with Crippen LogP contribution in [-0.4, -0.2) is 17.0 Å². The normalized spacial score (nSPS) is 31.2. The van der Waals surface area contributed by atoms with Crippen LogP contribution in [0.4, 0.5) is 5.69 Å². The van der Waals surface area contributed by atoms with Crippen LogP contribution in [0, 0.1) is 23.7 Å². The molecule has 20 heavy (non-hydrogen) atoms. The van der Waals surface area contributed by atoms with E-state index < -0.39 is 17.8 Å². The van der Waals surface area contributed by atoms with Gasteiger partial charge >= 0.3 is 5.97 Å². The molecule has 1 amide bonds. The number of amides is 1. The average molecular weight is 294 g/mol. The monoisotopic (exact) mass is 293 g/mol. The lowest BCUT2D eigenvalue weighted by Gasteiger charge is -2.27. The van der Waals surface area contributed by atoms with E-state index in [0.717, 1.165) is 19.3 Å². The van der Waals surface area contributed by atoms with Gasteiger partial charge < -0.3 is 10.4 Å². The third-order valence-electron chi connectivity index (χ3n) is 4.60. The maximum Gasteiger partial charge on any atom is 0.307 e. The lowest BCUT2D eigenvalue weighted by Crippen LogP contribution is -2.37. The molecule has 5 heteroatoms. The molecular formula is C15H16ClNO3. The number of hydrogen-bond acceptors (Lipinski definition) is 2. The number of halogens is 1. The minimum atomic E-state index is -0.844. The summed E-state index contributed by atoms with van der Waals surface area (Å²) >= 11 is 5.88. The van der Waals surface area contributed by atoms with Crippen LogP contribution in [0.3, 0.4) is 0 Å². The zero-order chi connectivity index (χ0) is 14.3. The van der Waals surface area contributed by atoms with Gasteiger partial charge in [-0.05, 0) is 49.3 Å². The quantitative estimate of drug-likeness (QED) is 0.900. The minimum Gasteiger partial charge on any atom is -0.481 e. The summed E-state index contributed by atoms with van der Waals surface area (Å²) in [4.78, 5) is 23.8. The molecular weight excluding hydrogens is 278 g/mol. The Balaban J connectivity index is 1.78. The zero-order valence-corrected chi connectivity index (χ0v) is 11.6. The molecule has 4 unspecified atom stereocenters. The van der Waals surface area contributed by atoms with Crippen molar-refractivity contribution in [2.75, 3.05) is 5.32 Å². The molecule has 106 valence electrons. The molecule has 2 bridgehead atoms. The molecule has 0 aliphatic heterocycles. The molecule has 1 aromatic rings. The molecule has 0 heterocycles. The van der Waals surface area contributed by atoms with Gasteiger partial charge in [0.25, 0.3) is 0 Å². The predicted octanol–water partition coefficient (Wildman–Crippen LogP) is 3.03. The number of carbonyl (C=O) groups is 2. The number of carboxylic acids is 1. The first-order valence-corrected chi connectivity index (χ1v) is 7.23. The molecule has 0 radical (unpaired) electrons. The van der Waals surface area contributed by atoms with Gasteiger partial charge in [-0.25, -0.2) is 0 Å². The third-order valence-corrected chi connectivity index (χ3v) is 4.83. The molecule has 0 spiro atoms. The van der Waals surface area contributed by atoms with Gasteiger partial charge in [-0.3, -0.25) is 9.59 Å². The molecule has 0 saturated heterocycles. The van der Waals surface area contributed by atoms with E-state index in [1.165, 1.54) is 0 Å². The van der Waals surface area contributed by atoms with Gasteiger partial charge in [-0.2, -0.15) is 0 Å². The summed E-state index contributed by atoms with van der Waals surface area (Å²) in [6.45, 7) is 0. The van der Waals surface area contributed by atoms with Gasteiger partial charge in [0.1, 0.15) is 0 Å². The SMILES string of the molecule is O=C(O)C1C2CCC(C2)C1C(=O)Nc1cccc(Cl)c1. The first-order valence-electron chi connectivity index (χ1n) is 6.85. The fourth-order valence-corrected chi connectivity index (χ4v) is 4.01. The molecule has 0 aromatic heterocycles. The minimum absolute atomic E-state index is 0.160. The number of anilines is 1. The third kappa shape index (κ3) is 2.29.